The minimum Gasteiger partial charge on any atom is -0.489 e. The van der Waals surface area contributed by atoms with Crippen molar-refractivity contribution in [3.05, 3.63) is 40.4 Å². The van der Waals surface area contributed by atoms with E-state index in [1.54, 1.807) is 0 Å². The lowest BCUT2D eigenvalue weighted by Gasteiger charge is -2.13. The van der Waals surface area contributed by atoms with Gasteiger partial charge in [0.1, 0.15) is 12.4 Å². The molecule has 0 aliphatic heterocycles. The Balaban J connectivity index is 1.99. The highest BCUT2D eigenvalue weighted by atomic mass is 79.9. The molecule has 0 radical (unpaired) electrons. The van der Waals surface area contributed by atoms with Crippen molar-refractivity contribution in [2.45, 2.75) is 38.8 Å². The van der Waals surface area contributed by atoms with Crippen LogP contribution in [0.1, 0.15) is 31.7 Å². The number of rotatable bonds is 7. The van der Waals surface area contributed by atoms with E-state index < -0.39 is 0 Å². The number of ether oxygens (including phenoxy) is 1. The van der Waals surface area contributed by atoms with Crippen LogP contribution in [0.25, 0.3) is 0 Å². The molecule has 0 unspecified atom stereocenters. The van der Waals surface area contributed by atoms with Crippen molar-refractivity contribution in [2.24, 2.45) is 0 Å². The van der Waals surface area contributed by atoms with E-state index in [1.807, 2.05) is 12.1 Å². The van der Waals surface area contributed by atoms with Crippen molar-refractivity contribution in [3.63, 3.8) is 0 Å². The van der Waals surface area contributed by atoms with Crippen LogP contribution in [0.2, 0.25) is 0 Å². The van der Waals surface area contributed by atoms with Crippen molar-refractivity contribution in [2.75, 3.05) is 6.61 Å². The number of hydrogen-bond acceptors (Lipinski definition) is 2. The van der Waals surface area contributed by atoms with Gasteiger partial charge in [-0.15, -0.1) is 0 Å². The van der Waals surface area contributed by atoms with Gasteiger partial charge in [0.15, 0.2) is 0 Å². The summed E-state index contributed by atoms with van der Waals surface area (Å²) in [5, 5.41) is 3.52. The first-order chi connectivity index (χ1) is 8.69. The van der Waals surface area contributed by atoms with Crippen LogP contribution >= 0.6 is 15.9 Å². The molecule has 0 amide bonds. The van der Waals surface area contributed by atoms with Gasteiger partial charge in [0, 0.05) is 22.6 Å². The van der Waals surface area contributed by atoms with Crippen molar-refractivity contribution in [1.29, 1.82) is 0 Å². The summed E-state index contributed by atoms with van der Waals surface area (Å²) in [6.45, 7) is 7.55. The van der Waals surface area contributed by atoms with Gasteiger partial charge in [-0.25, -0.2) is 0 Å². The van der Waals surface area contributed by atoms with E-state index >= 15 is 0 Å². The number of halogens is 1. The number of benzene rings is 1. The van der Waals surface area contributed by atoms with Crippen molar-refractivity contribution in [1.82, 2.24) is 5.32 Å². The lowest BCUT2D eigenvalue weighted by molar-refractivity contribution is 0.344. The fraction of sp³-hybridized carbons (Fsp3) is 0.467. The van der Waals surface area contributed by atoms with Crippen LogP contribution < -0.4 is 10.1 Å². The van der Waals surface area contributed by atoms with Gasteiger partial charge in [-0.2, -0.15) is 0 Å². The van der Waals surface area contributed by atoms with Crippen molar-refractivity contribution in [3.8, 4) is 5.75 Å². The van der Waals surface area contributed by atoms with Crippen LogP contribution in [0, 0.1) is 0 Å². The Labute approximate surface area is 118 Å². The van der Waals surface area contributed by atoms with Gasteiger partial charge >= 0.3 is 0 Å². The van der Waals surface area contributed by atoms with E-state index in [0.29, 0.717) is 12.6 Å². The van der Waals surface area contributed by atoms with Gasteiger partial charge in [0.05, 0.1) is 0 Å². The highest BCUT2D eigenvalue weighted by Gasteiger charge is 2.20. The van der Waals surface area contributed by atoms with Crippen molar-refractivity contribution >= 4 is 15.9 Å². The lowest BCUT2D eigenvalue weighted by Crippen LogP contribution is -2.16. The summed E-state index contributed by atoms with van der Waals surface area (Å²) in [6, 6.07) is 6.88. The third kappa shape index (κ3) is 4.14. The van der Waals surface area contributed by atoms with E-state index in [-0.39, 0.29) is 0 Å². The molecule has 1 aromatic rings. The lowest BCUT2D eigenvalue weighted by atomic mass is 10.2. The molecule has 0 spiro atoms. The molecule has 0 bridgehead atoms. The molecule has 1 saturated carbocycles. The second-order valence-corrected chi connectivity index (χ2v) is 5.72. The van der Waals surface area contributed by atoms with Crippen LogP contribution in [-0.2, 0) is 6.54 Å². The van der Waals surface area contributed by atoms with Gasteiger partial charge in [-0.05, 0) is 43.0 Å². The second kappa shape index (κ2) is 6.39. The second-order valence-electron chi connectivity index (χ2n) is 4.80. The highest BCUT2D eigenvalue weighted by molar-refractivity contribution is 9.10. The predicted molar refractivity (Wildman–Crippen MR) is 78.9 cm³/mol. The zero-order chi connectivity index (χ0) is 13.0. The molecule has 1 aromatic carbocycles. The zero-order valence-corrected chi connectivity index (χ0v) is 12.4. The average molecular weight is 310 g/mol. The van der Waals surface area contributed by atoms with Gasteiger partial charge in [-0.1, -0.05) is 29.4 Å². The third-order valence-corrected chi connectivity index (χ3v) is 3.61. The summed E-state index contributed by atoms with van der Waals surface area (Å²) < 4.78 is 6.93. The summed E-state index contributed by atoms with van der Waals surface area (Å²) >= 11 is 3.51. The Bertz CT molecular complexity index is 427. The molecule has 1 N–H and O–H groups in total. The van der Waals surface area contributed by atoms with Crippen LogP contribution in [0.3, 0.4) is 0 Å². The van der Waals surface area contributed by atoms with Crippen LogP contribution in [0.5, 0.6) is 5.75 Å². The monoisotopic (exact) mass is 309 g/mol. The SMILES string of the molecule is C=C(CC)COc1ccc(Br)cc1CNC1CC1. The molecule has 1 aliphatic carbocycles. The first-order valence-corrected chi connectivity index (χ1v) is 7.29. The summed E-state index contributed by atoms with van der Waals surface area (Å²) in [5.74, 6) is 0.959. The largest absolute Gasteiger partial charge is 0.489 e. The smallest absolute Gasteiger partial charge is 0.124 e. The fourth-order valence-electron chi connectivity index (χ4n) is 1.65. The standard InChI is InChI=1S/C15H20BrNO/c1-3-11(2)10-18-15-7-4-13(16)8-12(15)9-17-14-5-6-14/h4,7-8,14,17H,2-3,5-6,9-10H2,1H3. The minimum atomic E-state index is 0.606. The molecule has 1 fully saturated rings. The maximum Gasteiger partial charge on any atom is 0.124 e. The fourth-order valence-corrected chi connectivity index (χ4v) is 2.06. The molecule has 1 aliphatic rings. The molecule has 0 saturated heterocycles. The Kier molecular flexibility index (Phi) is 4.84. The first kappa shape index (κ1) is 13.6. The molecule has 3 heteroatoms. The first-order valence-electron chi connectivity index (χ1n) is 6.50. The molecule has 98 valence electrons. The summed E-state index contributed by atoms with van der Waals surface area (Å²) in [7, 11) is 0. The summed E-state index contributed by atoms with van der Waals surface area (Å²) in [6.07, 6.45) is 3.57. The molecule has 0 heterocycles. The van der Waals surface area contributed by atoms with Gasteiger partial charge in [0.2, 0.25) is 0 Å². The molecule has 0 atom stereocenters. The van der Waals surface area contributed by atoms with E-state index in [9.17, 15) is 0 Å². The topological polar surface area (TPSA) is 21.3 Å². The van der Waals surface area contributed by atoms with Gasteiger partial charge < -0.3 is 10.1 Å². The zero-order valence-electron chi connectivity index (χ0n) is 10.8. The summed E-state index contributed by atoms with van der Waals surface area (Å²) in [5.41, 5.74) is 2.33. The third-order valence-electron chi connectivity index (χ3n) is 3.11. The average Bonchev–Trinajstić information content (AvgIpc) is 3.18. The van der Waals surface area contributed by atoms with Crippen LogP contribution in [0.15, 0.2) is 34.8 Å². The molecule has 2 nitrogen and oxygen atoms in total. The molecule has 18 heavy (non-hydrogen) atoms. The molecular formula is C15H20BrNO. The Hall–Kier alpha value is -0.800. The maximum atomic E-state index is 5.84. The summed E-state index contributed by atoms with van der Waals surface area (Å²) in [4.78, 5) is 0. The number of nitrogens with one attached hydrogen (secondary N) is 1. The Morgan fingerprint density at radius 3 is 2.94 bits per heavy atom. The van der Waals surface area contributed by atoms with Crippen LogP contribution in [-0.4, -0.2) is 12.6 Å². The van der Waals surface area contributed by atoms with Crippen molar-refractivity contribution < 1.29 is 4.74 Å². The quantitative estimate of drug-likeness (QED) is 0.767. The minimum absolute atomic E-state index is 0.606. The predicted octanol–water partition coefficient (Wildman–Crippen LogP) is 4.05. The van der Waals surface area contributed by atoms with Gasteiger partial charge in [0.25, 0.3) is 0 Å². The Morgan fingerprint density at radius 1 is 1.50 bits per heavy atom. The molecule has 2 rings (SSSR count). The van der Waals surface area contributed by atoms with Gasteiger partial charge in [-0.3, -0.25) is 0 Å². The molecular weight excluding hydrogens is 290 g/mol. The van der Waals surface area contributed by atoms with E-state index in [0.717, 1.165) is 28.8 Å². The van der Waals surface area contributed by atoms with E-state index in [2.05, 4.69) is 40.8 Å². The maximum absolute atomic E-state index is 5.84. The van der Waals surface area contributed by atoms with E-state index in [1.165, 1.54) is 18.4 Å². The normalized spacial score (nSPS) is 14.6. The number of hydrogen-bond donors (Lipinski definition) is 1. The Morgan fingerprint density at radius 2 is 2.28 bits per heavy atom. The molecule has 0 aromatic heterocycles. The van der Waals surface area contributed by atoms with E-state index in [4.69, 9.17) is 4.74 Å². The highest BCUT2D eigenvalue weighted by Crippen LogP contribution is 2.26. The van der Waals surface area contributed by atoms with Crippen LogP contribution in [0.4, 0.5) is 0 Å².